The van der Waals surface area contributed by atoms with Gasteiger partial charge in [0.2, 0.25) is 5.88 Å². The Labute approximate surface area is 83.3 Å². The van der Waals surface area contributed by atoms with Crippen LogP contribution < -0.4 is 4.74 Å². The quantitative estimate of drug-likeness (QED) is 0.718. The molecule has 0 atom stereocenters. The minimum absolute atomic E-state index is 0.120. The molecule has 0 aliphatic carbocycles. The highest BCUT2D eigenvalue weighted by Gasteiger charge is 1.98. The average Bonchev–Trinajstić information content (AvgIpc) is 2.18. The molecular formula is C10H14N2O2. The van der Waals surface area contributed by atoms with Gasteiger partial charge in [-0.15, -0.1) is 6.58 Å². The summed E-state index contributed by atoms with van der Waals surface area (Å²) in [6.07, 6.45) is 3.83. The largest absolute Gasteiger partial charge is 0.476 e. The molecule has 0 aliphatic rings. The van der Waals surface area contributed by atoms with Crippen LogP contribution in [-0.4, -0.2) is 21.7 Å². The smallest absolute Gasteiger partial charge is 0.232 e. The van der Waals surface area contributed by atoms with Crippen LogP contribution >= 0.6 is 0 Å². The topological polar surface area (TPSA) is 55.2 Å². The van der Waals surface area contributed by atoms with Crippen LogP contribution in [0, 0.1) is 0 Å². The number of aliphatic hydroxyl groups excluding tert-OH is 1. The normalized spacial score (nSPS) is 9.86. The standard InChI is InChI=1S/C10H14N2O2/c1-8(2)3-4-14-10-6-11-5-9(7-13)12-10/h5-6,13H,1,3-4,7H2,2H3. The monoisotopic (exact) mass is 194 g/mol. The van der Waals surface area contributed by atoms with Crippen molar-refractivity contribution in [3.8, 4) is 5.88 Å². The third-order valence-electron chi connectivity index (χ3n) is 1.60. The molecule has 0 aliphatic heterocycles. The first-order valence-electron chi connectivity index (χ1n) is 4.41. The van der Waals surface area contributed by atoms with E-state index in [-0.39, 0.29) is 6.61 Å². The summed E-state index contributed by atoms with van der Waals surface area (Å²) in [4.78, 5) is 7.91. The summed E-state index contributed by atoms with van der Waals surface area (Å²) in [7, 11) is 0. The first kappa shape index (κ1) is 10.7. The van der Waals surface area contributed by atoms with Crippen LogP contribution in [0.5, 0.6) is 5.88 Å². The number of aromatic nitrogens is 2. The SMILES string of the molecule is C=C(C)CCOc1cncc(CO)n1. The van der Waals surface area contributed by atoms with E-state index in [9.17, 15) is 0 Å². The Balaban J connectivity index is 2.46. The minimum atomic E-state index is -0.120. The van der Waals surface area contributed by atoms with Crippen LogP contribution in [0.3, 0.4) is 0 Å². The number of ether oxygens (including phenoxy) is 1. The van der Waals surface area contributed by atoms with Crippen molar-refractivity contribution in [2.75, 3.05) is 6.61 Å². The van der Waals surface area contributed by atoms with Crippen molar-refractivity contribution >= 4 is 0 Å². The fraction of sp³-hybridized carbons (Fsp3) is 0.400. The Hall–Kier alpha value is -1.42. The first-order chi connectivity index (χ1) is 6.72. The molecule has 0 saturated carbocycles. The van der Waals surface area contributed by atoms with Crippen LogP contribution in [0.1, 0.15) is 19.0 Å². The molecule has 0 fully saturated rings. The van der Waals surface area contributed by atoms with Gasteiger partial charge in [-0.3, -0.25) is 4.98 Å². The van der Waals surface area contributed by atoms with E-state index < -0.39 is 0 Å². The summed E-state index contributed by atoms with van der Waals surface area (Å²) in [5.74, 6) is 0.442. The Morgan fingerprint density at radius 1 is 1.57 bits per heavy atom. The highest BCUT2D eigenvalue weighted by atomic mass is 16.5. The van der Waals surface area contributed by atoms with Gasteiger partial charge in [0.15, 0.2) is 0 Å². The van der Waals surface area contributed by atoms with Crippen LogP contribution in [0.2, 0.25) is 0 Å². The molecule has 0 aromatic carbocycles. The maximum absolute atomic E-state index is 8.80. The first-order valence-corrected chi connectivity index (χ1v) is 4.41. The molecule has 1 aromatic heterocycles. The van der Waals surface area contributed by atoms with Gasteiger partial charge < -0.3 is 9.84 Å². The summed E-state index contributed by atoms with van der Waals surface area (Å²) in [6.45, 7) is 6.13. The van der Waals surface area contributed by atoms with Gasteiger partial charge in [0, 0.05) is 6.42 Å². The second-order valence-corrected chi connectivity index (χ2v) is 3.06. The van der Waals surface area contributed by atoms with E-state index in [1.54, 1.807) is 0 Å². The molecule has 0 unspecified atom stereocenters. The fourth-order valence-corrected chi connectivity index (χ4v) is 0.862. The minimum Gasteiger partial charge on any atom is -0.476 e. The zero-order valence-corrected chi connectivity index (χ0v) is 8.23. The zero-order chi connectivity index (χ0) is 10.4. The third kappa shape index (κ3) is 3.53. The maximum atomic E-state index is 8.80. The van der Waals surface area contributed by atoms with E-state index >= 15 is 0 Å². The molecule has 4 nitrogen and oxygen atoms in total. The van der Waals surface area contributed by atoms with E-state index in [2.05, 4.69) is 16.5 Å². The molecule has 0 bridgehead atoms. The van der Waals surface area contributed by atoms with Gasteiger partial charge in [-0.1, -0.05) is 5.57 Å². The van der Waals surface area contributed by atoms with Gasteiger partial charge in [-0.2, -0.15) is 0 Å². The molecular weight excluding hydrogens is 180 g/mol. The van der Waals surface area contributed by atoms with Crippen molar-refractivity contribution in [1.82, 2.24) is 9.97 Å². The second-order valence-electron chi connectivity index (χ2n) is 3.06. The number of aliphatic hydroxyl groups is 1. The lowest BCUT2D eigenvalue weighted by Gasteiger charge is -2.04. The Morgan fingerprint density at radius 2 is 2.36 bits per heavy atom. The van der Waals surface area contributed by atoms with Crippen molar-refractivity contribution in [2.45, 2.75) is 20.0 Å². The summed E-state index contributed by atoms with van der Waals surface area (Å²) >= 11 is 0. The molecule has 1 aromatic rings. The lowest BCUT2D eigenvalue weighted by molar-refractivity contribution is 0.268. The average molecular weight is 194 g/mol. The van der Waals surface area contributed by atoms with Gasteiger partial charge in [0.25, 0.3) is 0 Å². The van der Waals surface area contributed by atoms with Crippen LogP contribution in [0.25, 0.3) is 0 Å². The van der Waals surface area contributed by atoms with E-state index in [4.69, 9.17) is 9.84 Å². The van der Waals surface area contributed by atoms with E-state index in [0.717, 1.165) is 12.0 Å². The predicted molar refractivity (Wildman–Crippen MR) is 52.9 cm³/mol. The summed E-state index contributed by atoms with van der Waals surface area (Å²) in [5, 5.41) is 8.80. The van der Waals surface area contributed by atoms with Gasteiger partial charge in [-0.25, -0.2) is 4.98 Å². The number of hydrogen-bond donors (Lipinski definition) is 1. The van der Waals surface area contributed by atoms with Crippen molar-refractivity contribution in [3.05, 3.63) is 30.2 Å². The molecule has 1 N–H and O–H groups in total. The Bertz CT molecular complexity index is 313. The molecule has 0 amide bonds. The maximum Gasteiger partial charge on any atom is 0.232 e. The van der Waals surface area contributed by atoms with Crippen LogP contribution in [0.4, 0.5) is 0 Å². The van der Waals surface area contributed by atoms with Gasteiger partial charge in [0.1, 0.15) is 0 Å². The molecule has 1 heterocycles. The lowest BCUT2D eigenvalue weighted by atomic mass is 10.3. The van der Waals surface area contributed by atoms with Crippen LogP contribution in [0.15, 0.2) is 24.5 Å². The molecule has 4 heteroatoms. The Kier molecular flexibility index (Phi) is 4.07. The zero-order valence-electron chi connectivity index (χ0n) is 8.23. The van der Waals surface area contributed by atoms with Crippen molar-refractivity contribution in [3.63, 3.8) is 0 Å². The molecule has 14 heavy (non-hydrogen) atoms. The Morgan fingerprint density at radius 3 is 3.00 bits per heavy atom. The van der Waals surface area contributed by atoms with Gasteiger partial charge >= 0.3 is 0 Å². The van der Waals surface area contributed by atoms with Crippen LogP contribution in [-0.2, 0) is 6.61 Å². The predicted octanol–water partition coefficient (Wildman–Crippen LogP) is 1.31. The van der Waals surface area contributed by atoms with Gasteiger partial charge in [-0.05, 0) is 6.92 Å². The number of rotatable bonds is 5. The second kappa shape index (κ2) is 5.34. The lowest BCUT2D eigenvalue weighted by Crippen LogP contribution is -2.01. The van der Waals surface area contributed by atoms with Crippen molar-refractivity contribution < 1.29 is 9.84 Å². The van der Waals surface area contributed by atoms with E-state index in [1.165, 1.54) is 12.4 Å². The molecule has 0 saturated heterocycles. The molecule has 1 rings (SSSR count). The third-order valence-corrected chi connectivity index (χ3v) is 1.60. The molecule has 0 spiro atoms. The fourth-order valence-electron chi connectivity index (χ4n) is 0.862. The van der Waals surface area contributed by atoms with Crippen molar-refractivity contribution in [2.24, 2.45) is 0 Å². The van der Waals surface area contributed by atoms with Gasteiger partial charge in [0.05, 0.1) is 31.3 Å². The van der Waals surface area contributed by atoms with E-state index in [1.807, 2.05) is 6.92 Å². The van der Waals surface area contributed by atoms with Crippen molar-refractivity contribution in [1.29, 1.82) is 0 Å². The summed E-state index contributed by atoms with van der Waals surface area (Å²) in [6, 6.07) is 0. The summed E-state index contributed by atoms with van der Waals surface area (Å²) in [5.41, 5.74) is 1.58. The summed E-state index contributed by atoms with van der Waals surface area (Å²) < 4.78 is 5.31. The number of hydrogen-bond acceptors (Lipinski definition) is 4. The highest BCUT2D eigenvalue weighted by Crippen LogP contribution is 2.06. The molecule has 0 radical (unpaired) electrons. The molecule has 76 valence electrons. The highest BCUT2D eigenvalue weighted by molar-refractivity contribution is 5.07. The number of nitrogens with zero attached hydrogens (tertiary/aromatic N) is 2. The van der Waals surface area contributed by atoms with E-state index in [0.29, 0.717) is 18.2 Å².